The molecule has 1 saturated heterocycles. The van der Waals surface area contributed by atoms with Crippen LogP contribution >= 0.6 is 0 Å². The van der Waals surface area contributed by atoms with E-state index in [1.165, 1.54) is 0 Å². The average Bonchev–Trinajstić information content (AvgIpc) is 2.55. The van der Waals surface area contributed by atoms with Gasteiger partial charge in [-0.2, -0.15) is 0 Å². The van der Waals surface area contributed by atoms with Crippen molar-refractivity contribution >= 4 is 11.8 Å². The zero-order valence-corrected chi connectivity index (χ0v) is 13.2. The zero-order chi connectivity index (χ0) is 15.8. The Balaban J connectivity index is 1.68. The van der Waals surface area contributed by atoms with Crippen LogP contribution in [0.5, 0.6) is 0 Å². The van der Waals surface area contributed by atoms with Crippen LogP contribution in [0.1, 0.15) is 32.6 Å². The van der Waals surface area contributed by atoms with Gasteiger partial charge in [0.1, 0.15) is 5.82 Å². The molecule has 1 atom stereocenters. The third-order valence-electron chi connectivity index (χ3n) is 3.92. The lowest BCUT2D eigenvalue weighted by atomic mass is 10.1. The first kappa shape index (κ1) is 16.5. The molecule has 1 aliphatic heterocycles. The lowest BCUT2D eigenvalue weighted by Gasteiger charge is -2.33. The fraction of sp³-hybridized carbons (Fsp3) is 0.625. The van der Waals surface area contributed by atoms with Crippen molar-refractivity contribution in [2.24, 2.45) is 0 Å². The molecule has 6 heteroatoms. The van der Waals surface area contributed by atoms with Crippen molar-refractivity contribution in [1.29, 1.82) is 0 Å². The number of aliphatic hydroxyl groups excluding tert-OH is 1. The average molecular weight is 306 g/mol. The Morgan fingerprint density at radius 1 is 1.45 bits per heavy atom. The second kappa shape index (κ2) is 8.58. The Kier molecular flexibility index (Phi) is 6.45. The fourth-order valence-corrected chi connectivity index (χ4v) is 2.68. The van der Waals surface area contributed by atoms with Gasteiger partial charge >= 0.3 is 6.03 Å². The van der Waals surface area contributed by atoms with Crippen LogP contribution in [0.2, 0.25) is 0 Å². The molecule has 6 nitrogen and oxygen atoms in total. The number of nitrogens with one attached hydrogen (secondary N) is 2. The van der Waals surface area contributed by atoms with Gasteiger partial charge in [-0.1, -0.05) is 19.4 Å². The molecule has 0 aromatic carbocycles. The molecule has 0 saturated carbocycles. The molecule has 2 heterocycles. The maximum absolute atomic E-state index is 11.8. The Bertz CT molecular complexity index is 447. The van der Waals surface area contributed by atoms with Crippen molar-refractivity contribution in [1.82, 2.24) is 15.6 Å². The molecule has 1 aromatic rings. The zero-order valence-electron chi connectivity index (χ0n) is 13.2. The van der Waals surface area contributed by atoms with E-state index < -0.39 is 6.10 Å². The highest BCUT2D eigenvalue weighted by Gasteiger charge is 2.21. The van der Waals surface area contributed by atoms with Gasteiger partial charge in [-0.3, -0.25) is 0 Å². The van der Waals surface area contributed by atoms with E-state index in [-0.39, 0.29) is 12.1 Å². The summed E-state index contributed by atoms with van der Waals surface area (Å²) in [4.78, 5) is 18.4. The molecule has 122 valence electrons. The highest BCUT2D eigenvalue weighted by atomic mass is 16.3. The number of aliphatic hydroxyl groups is 1. The number of urea groups is 1. The Labute approximate surface area is 131 Å². The molecule has 1 aliphatic rings. The minimum absolute atomic E-state index is 0.184. The molecule has 0 aliphatic carbocycles. The second-order valence-electron chi connectivity index (χ2n) is 5.75. The van der Waals surface area contributed by atoms with Crippen molar-refractivity contribution < 1.29 is 9.90 Å². The summed E-state index contributed by atoms with van der Waals surface area (Å²) in [6, 6.07) is 5.90. The fourth-order valence-electron chi connectivity index (χ4n) is 2.68. The summed E-state index contributed by atoms with van der Waals surface area (Å²) in [6.45, 7) is 4.10. The van der Waals surface area contributed by atoms with Crippen LogP contribution in [0.4, 0.5) is 10.6 Å². The summed E-state index contributed by atoms with van der Waals surface area (Å²) in [6.07, 6.45) is 4.78. The Hall–Kier alpha value is -1.82. The molecule has 2 rings (SSSR count). The molecule has 1 unspecified atom stereocenters. The van der Waals surface area contributed by atoms with Crippen LogP contribution in [0, 0.1) is 0 Å². The minimum atomic E-state index is -0.457. The molecule has 1 aromatic heterocycles. The normalized spacial score (nSPS) is 17.1. The number of piperidine rings is 1. The number of rotatable bonds is 6. The smallest absolute Gasteiger partial charge is 0.315 e. The predicted molar refractivity (Wildman–Crippen MR) is 86.9 cm³/mol. The number of carbonyl (C=O) groups excluding carboxylic acids is 1. The highest BCUT2D eigenvalue weighted by Crippen LogP contribution is 2.17. The summed E-state index contributed by atoms with van der Waals surface area (Å²) in [5.74, 6) is 0.994. The number of amides is 2. The number of anilines is 1. The van der Waals surface area contributed by atoms with E-state index in [4.69, 9.17) is 0 Å². The maximum Gasteiger partial charge on any atom is 0.315 e. The quantitative estimate of drug-likeness (QED) is 0.744. The van der Waals surface area contributed by atoms with E-state index >= 15 is 0 Å². The molecule has 0 bridgehead atoms. The number of nitrogens with zero attached hydrogens (tertiary/aromatic N) is 2. The Morgan fingerprint density at radius 3 is 2.86 bits per heavy atom. The lowest BCUT2D eigenvalue weighted by Crippen LogP contribution is -2.49. The molecular weight excluding hydrogens is 280 g/mol. The number of hydrogen-bond acceptors (Lipinski definition) is 4. The van der Waals surface area contributed by atoms with E-state index in [1.807, 2.05) is 25.1 Å². The SMILES string of the molecule is CCCC(O)CNC(=O)NC1CCN(c2ccccn2)CC1. The van der Waals surface area contributed by atoms with Gasteiger partial charge in [-0.25, -0.2) is 9.78 Å². The largest absolute Gasteiger partial charge is 0.391 e. The number of aromatic nitrogens is 1. The Morgan fingerprint density at radius 2 is 2.23 bits per heavy atom. The summed E-state index contributed by atoms with van der Waals surface area (Å²) in [5.41, 5.74) is 0. The summed E-state index contributed by atoms with van der Waals surface area (Å²) in [5, 5.41) is 15.3. The van der Waals surface area contributed by atoms with E-state index in [0.29, 0.717) is 13.0 Å². The first-order valence-corrected chi connectivity index (χ1v) is 8.07. The van der Waals surface area contributed by atoms with Gasteiger partial charge in [0.2, 0.25) is 0 Å². The number of carbonyl (C=O) groups is 1. The molecule has 0 radical (unpaired) electrons. The molecular formula is C16H26N4O2. The van der Waals surface area contributed by atoms with Gasteiger partial charge < -0.3 is 20.6 Å². The predicted octanol–water partition coefficient (Wildman–Crippen LogP) is 1.51. The van der Waals surface area contributed by atoms with Gasteiger partial charge in [0.05, 0.1) is 6.10 Å². The first-order chi connectivity index (χ1) is 10.7. The number of pyridine rings is 1. The van der Waals surface area contributed by atoms with Crippen LogP contribution in [-0.2, 0) is 0 Å². The van der Waals surface area contributed by atoms with E-state index in [1.54, 1.807) is 6.20 Å². The topological polar surface area (TPSA) is 77.5 Å². The van der Waals surface area contributed by atoms with Crippen molar-refractivity contribution in [3.05, 3.63) is 24.4 Å². The molecule has 1 fully saturated rings. The van der Waals surface area contributed by atoms with E-state index in [9.17, 15) is 9.90 Å². The minimum Gasteiger partial charge on any atom is -0.391 e. The standard InChI is InChI=1S/C16H26N4O2/c1-2-5-14(21)12-18-16(22)19-13-7-10-20(11-8-13)15-6-3-4-9-17-15/h3-4,6,9,13-14,21H,2,5,7-8,10-12H2,1H3,(H2,18,19,22). The van der Waals surface area contributed by atoms with Crippen molar-refractivity contribution in [2.45, 2.75) is 44.8 Å². The summed E-state index contributed by atoms with van der Waals surface area (Å²) >= 11 is 0. The lowest BCUT2D eigenvalue weighted by molar-refractivity contribution is 0.159. The van der Waals surface area contributed by atoms with Crippen molar-refractivity contribution in [2.75, 3.05) is 24.5 Å². The third-order valence-corrected chi connectivity index (χ3v) is 3.92. The van der Waals surface area contributed by atoms with E-state index in [2.05, 4.69) is 20.5 Å². The first-order valence-electron chi connectivity index (χ1n) is 8.07. The third kappa shape index (κ3) is 5.18. The molecule has 22 heavy (non-hydrogen) atoms. The van der Waals surface area contributed by atoms with Gasteiger partial charge in [0.15, 0.2) is 0 Å². The summed E-state index contributed by atoms with van der Waals surface area (Å²) < 4.78 is 0. The van der Waals surface area contributed by atoms with Gasteiger partial charge in [-0.15, -0.1) is 0 Å². The number of hydrogen-bond donors (Lipinski definition) is 3. The molecule has 2 amide bonds. The monoisotopic (exact) mass is 306 g/mol. The van der Waals surface area contributed by atoms with Crippen molar-refractivity contribution in [3.63, 3.8) is 0 Å². The summed E-state index contributed by atoms with van der Waals surface area (Å²) in [7, 11) is 0. The molecule has 3 N–H and O–H groups in total. The van der Waals surface area contributed by atoms with Gasteiger partial charge in [0.25, 0.3) is 0 Å². The highest BCUT2D eigenvalue weighted by molar-refractivity contribution is 5.74. The van der Waals surface area contributed by atoms with Gasteiger partial charge in [-0.05, 0) is 31.4 Å². The van der Waals surface area contributed by atoms with Crippen LogP contribution in [0.3, 0.4) is 0 Å². The van der Waals surface area contributed by atoms with Crippen LogP contribution in [0.15, 0.2) is 24.4 Å². The molecule has 0 spiro atoms. The maximum atomic E-state index is 11.8. The van der Waals surface area contributed by atoms with Crippen LogP contribution < -0.4 is 15.5 Å². The van der Waals surface area contributed by atoms with Gasteiger partial charge in [0, 0.05) is 31.9 Å². The van der Waals surface area contributed by atoms with E-state index in [0.717, 1.165) is 38.2 Å². The van der Waals surface area contributed by atoms with Crippen LogP contribution in [-0.4, -0.2) is 47.9 Å². The second-order valence-corrected chi connectivity index (χ2v) is 5.75. The van der Waals surface area contributed by atoms with Crippen molar-refractivity contribution in [3.8, 4) is 0 Å². The van der Waals surface area contributed by atoms with Crippen LogP contribution in [0.25, 0.3) is 0 Å².